The van der Waals surface area contributed by atoms with Crippen LogP contribution in [0.5, 0.6) is 0 Å². The van der Waals surface area contributed by atoms with Crippen LogP contribution in [0.1, 0.15) is 27.2 Å². The molecule has 9 heteroatoms. The molecule has 8 nitrogen and oxygen atoms in total. The van der Waals surface area contributed by atoms with Crippen LogP contribution in [0.15, 0.2) is 0 Å². The molecule has 3 N–H and O–H groups in total. The van der Waals surface area contributed by atoms with Crippen LogP contribution in [0, 0.1) is 0 Å². The molecule has 1 aromatic rings. The lowest BCUT2D eigenvalue weighted by atomic mass is 10.1. The van der Waals surface area contributed by atoms with E-state index in [4.69, 9.17) is 10.5 Å². The average molecular weight is 380 g/mol. The Labute approximate surface area is 156 Å². The van der Waals surface area contributed by atoms with Gasteiger partial charge in [0.15, 0.2) is 0 Å². The Hall–Kier alpha value is -1.97. The second kappa shape index (κ2) is 8.15. The van der Waals surface area contributed by atoms with E-state index < -0.39 is 5.91 Å². The normalized spacial score (nSPS) is 16.6. The molecule has 1 aliphatic heterocycles. The number of hydrogen-bond donors (Lipinski definition) is 2. The summed E-state index contributed by atoms with van der Waals surface area (Å²) in [5.41, 5.74) is 6.93. The van der Waals surface area contributed by atoms with Gasteiger partial charge in [0, 0.05) is 18.0 Å². The molecule has 0 unspecified atom stereocenters. The number of nitrogens with two attached hydrogens (primary N) is 1. The third-order valence-corrected chi connectivity index (χ3v) is 5.81. The molecule has 0 radical (unpaired) electrons. The lowest BCUT2D eigenvalue weighted by molar-refractivity contribution is -0.136. The van der Waals surface area contributed by atoms with Gasteiger partial charge in [0.05, 0.1) is 31.9 Å². The zero-order chi connectivity index (χ0) is 18.7. The summed E-state index contributed by atoms with van der Waals surface area (Å²) in [5.74, 6) is -0.781. The molecule has 0 saturated carbocycles. The zero-order valence-corrected chi connectivity index (χ0v) is 15.7. The molecule has 142 valence electrons. The second-order valence-electron chi connectivity index (χ2n) is 6.64. The van der Waals surface area contributed by atoms with E-state index in [9.17, 15) is 14.4 Å². The van der Waals surface area contributed by atoms with Gasteiger partial charge in [-0.05, 0) is 31.9 Å². The molecule has 0 spiro atoms. The molecule has 1 aliphatic carbocycles. The highest BCUT2D eigenvalue weighted by Crippen LogP contribution is 2.38. The van der Waals surface area contributed by atoms with Crippen LogP contribution in [-0.2, 0) is 27.2 Å². The van der Waals surface area contributed by atoms with Crippen molar-refractivity contribution < 1.29 is 19.1 Å². The van der Waals surface area contributed by atoms with Crippen molar-refractivity contribution in [3.63, 3.8) is 0 Å². The van der Waals surface area contributed by atoms with Crippen LogP contribution < -0.4 is 11.1 Å². The summed E-state index contributed by atoms with van der Waals surface area (Å²) < 4.78 is 5.23. The smallest absolute Gasteiger partial charge is 0.251 e. The molecule has 2 heterocycles. The molecule has 0 atom stereocenters. The average Bonchev–Trinajstić information content (AvgIpc) is 3.15. The van der Waals surface area contributed by atoms with Crippen molar-refractivity contribution in [2.75, 3.05) is 51.8 Å². The maximum absolute atomic E-state index is 12.3. The number of carbonyl (C=O) groups is 3. The fourth-order valence-corrected chi connectivity index (χ4v) is 4.67. The van der Waals surface area contributed by atoms with Crippen LogP contribution in [0.3, 0.4) is 0 Å². The SMILES string of the molecule is CN(CC(=O)Nc1sc2c(c1C(N)=O)CCC2)CC(=O)N1CCOCC1. The number of likely N-dealkylation sites (N-methyl/N-ethyl adjacent to an activating group) is 1. The van der Waals surface area contributed by atoms with Crippen LogP contribution in [0.25, 0.3) is 0 Å². The largest absolute Gasteiger partial charge is 0.378 e. The van der Waals surface area contributed by atoms with Gasteiger partial charge < -0.3 is 20.7 Å². The van der Waals surface area contributed by atoms with Crippen LogP contribution >= 0.6 is 11.3 Å². The Bertz CT molecular complexity index is 712. The zero-order valence-electron chi connectivity index (χ0n) is 14.9. The molecular formula is C17H24N4O4S. The minimum Gasteiger partial charge on any atom is -0.378 e. The minimum atomic E-state index is -0.504. The first-order valence-electron chi connectivity index (χ1n) is 8.74. The van der Waals surface area contributed by atoms with Crippen LogP contribution in [-0.4, -0.2) is 74.0 Å². The highest BCUT2D eigenvalue weighted by Gasteiger charge is 2.26. The summed E-state index contributed by atoms with van der Waals surface area (Å²) in [4.78, 5) is 40.9. The Kier molecular flexibility index (Phi) is 5.90. The van der Waals surface area contributed by atoms with Gasteiger partial charge in [-0.3, -0.25) is 19.3 Å². The fraction of sp³-hybridized carbons (Fsp3) is 0.588. The molecule has 1 aromatic heterocycles. The highest BCUT2D eigenvalue weighted by atomic mass is 32.1. The minimum absolute atomic E-state index is 0.0171. The van der Waals surface area contributed by atoms with Gasteiger partial charge in [-0.25, -0.2) is 0 Å². The van der Waals surface area contributed by atoms with Crippen molar-refractivity contribution in [3.05, 3.63) is 16.0 Å². The van der Waals surface area contributed by atoms with Gasteiger partial charge >= 0.3 is 0 Å². The van der Waals surface area contributed by atoms with Gasteiger partial charge in [0.1, 0.15) is 5.00 Å². The van der Waals surface area contributed by atoms with E-state index in [1.165, 1.54) is 11.3 Å². The monoisotopic (exact) mass is 380 g/mol. The fourth-order valence-electron chi connectivity index (χ4n) is 3.36. The maximum atomic E-state index is 12.3. The highest BCUT2D eigenvalue weighted by molar-refractivity contribution is 7.17. The first-order chi connectivity index (χ1) is 12.5. The van der Waals surface area contributed by atoms with Crippen LogP contribution in [0.2, 0.25) is 0 Å². The van der Waals surface area contributed by atoms with E-state index in [1.807, 2.05) is 0 Å². The number of carbonyl (C=O) groups excluding carboxylic acids is 3. The Morgan fingerprint density at radius 3 is 2.65 bits per heavy atom. The van der Waals surface area contributed by atoms with Crippen molar-refractivity contribution in [2.45, 2.75) is 19.3 Å². The number of fused-ring (bicyclic) bond motifs is 1. The van der Waals surface area contributed by atoms with E-state index in [0.29, 0.717) is 36.9 Å². The number of thiophene rings is 1. The topological polar surface area (TPSA) is 105 Å². The van der Waals surface area contributed by atoms with E-state index in [1.54, 1.807) is 16.8 Å². The van der Waals surface area contributed by atoms with Crippen LogP contribution in [0.4, 0.5) is 5.00 Å². The van der Waals surface area contributed by atoms with Gasteiger partial charge in [-0.15, -0.1) is 11.3 Å². The number of aryl methyl sites for hydroxylation is 1. The maximum Gasteiger partial charge on any atom is 0.251 e. The number of primary amides is 1. The predicted molar refractivity (Wildman–Crippen MR) is 98.4 cm³/mol. The number of rotatable bonds is 6. The molecule has 2 aliphatic rings. The summed E-state index contributed by atoms with van der Waals surface area (Å²) in [6, 6.07) is 0. The predicted octanol–water partition coefficient (Wildman–Crippen LogP) is 0.0648. The van der Waals surface area contributed by atoms with Crippen molar-refractivity contribution in [3.8, 4) is 0 Å². The molecule has 3 amide bonds. The third-order valence-electron chi connectivity index (χ3n) is 4.60. The standard InChI is InChI=1S/C17H24N4O4S/c1-20(10-14(23)21-5-7-25-8-6-21)9-13(22)19-17-15(16(18)24)11-3-2-4-12(11)26-17/h2-10H2,1H3,(H2,18,24)(H,19,22). The summed E-state index contributed by atoms with van der Waals surface area (Å²) in [5, 5.41) is 3.33. The molecule has 1 saturated heterocycles. The van der Waals surface area contributed by atoms with Crippen molar-refractivity contribution >= 4 is 34.1 Å². The summed E-state index contributed by atoms with van der Waals surface area (Å²) in [7, 11) is 1.72. The number of ether oxygens (including phenoxy) is 1. The molecule has 3 rings (SSSR count). The lowest BCUT2D eigenvalue weighted by Gasteiger charge is -2.28. The first-order valence-corrected chi connectivity index (χ1v) is 9.55. The Morgan fingerprint density at radius 1 is 1.23 bits per heavy atom. The molecule has 0 aromatic carbocycles. The molecule has 0 bridgehead atoms. The summed E-state index contributed by atoms with van der Waals surface area (Å²) >= 11 is 1.43. The molecule has 26 heavy (non-hydrogen) atoms. The van der Waals surface area contributed by atoms with Gasteiger partial charge in [-0.2, -0.15) is 0 Å². The van der Waals surface area contributed by atoms with E-state index in [2.05, 4.69) is 5.32 Å². The Morgan fingerprint density at radius 2 is 1.96 bits per heavy atom. The van der Waals surface area contributed by atoms with E-state index in [-0.39, 0.29) is 24.9 Å². The Balaban J connectivity index is 1.55. The number of morpholine rings is 1. The van der Waals surface area contributed by atoms with Crippen molar-refractivity contribution in [2.24, 2.45) is 5.73 Å². The first kappa shape index (κ1) is 18.8. The number of nitrogens with zero attached hydrogens (tertiary/aromatic N) is 2. The van der Waals surface area contributed by atoms with Gasteiger partial charge in [-0.1, -0.05) is 0 Å². The lowest BCUT2D eigenvalue weighted by Crippen LogP contribution is -2.46. The molecular weight excluding hydrogens is 356 g/mol. The van der Waals surface area contributed by atoms with Gasteiger partial charge in [0.25, 0.3) is 5.91 Å². The second-order valence-corrected chi connectivity index (χ2v) is 7.74. The number of anilines is 1. The molecule has 1 fully saturated rings. The van der Waals surface area contributed by atoms with Crippen molar-refractivity contribution in [1.29, 1.82) is 0 Å². The quantitative estimate of drug-likeness (QED) is 0.726. The van der Waals surface area contributed by atoms with Gasteiger partial charge in [0.2, 0.25) is 11.8 Å². The van der Waals surface area contributed by atoms with E-state index in [0.717, 1.165) is 29.7 Å². The number of amides is 3. The number of hydrogen-bond acceptors (Lipinski definition) is 6. The summed E-state index contributed by atoms with van der Waals surface area (Å²) in [6.07, 6.45) is 2.76. The summed E-state index contributed by atoms with van der Waals surface area (Å²) in [6.45, 7) is 2.50. The van der Waals surface area contributed by atoms with E-state index >= 15 is 0 Å². The van der Waals surface area contributed by atoms with Crippen molar-refractivity contribution in [1.82, 2.24) is 9.80 Å². The third kappa shape index (κ3) is 4.22. The number of nitrogens with one attached hydrogen (secondary N) is 1.